The Bertz CT molecular complexity index is 212. The molecule has 0 bridgehead atoms. The van der Waals surface area contributed by atoms with Crippen LogP contribution in [0.1, 0.15) is 38.5 Å². The minimum atomic E-state index is 0.170. The van der Waals surface area contributed by atoms with E-state index in [1.165, 1.54) is 32.1 Å². The topological polar surface area (TPSA) is 38.5 Å². The summed E-state index contributed by atoms with van der Waals surface area (Å²) in [5.41, 5.74) is 6.37. The normalized spacial score (nSPS) is 23.4. The van der Waals surface area contributed by atoms with Crippen LogP contribution in [0, 0.1) is 5.92 Å². The molecule has 94 valence electrons. The van der Waals surface area contributed by atoms with Gasteiger partial charge in [0.15, 0.2) is 0 Å². The highest BCUT2D eigenvalue weighted by atomic mass is 16.5. The highest BCUT2D eigenvalue weighted by molar-refractivity contribution is 4.92. The predicted molar refractivity (Wildman–Crippen MR) is 66.4 cm³/mol. The third kappa shape index (κ3) is 4.04. The Kier molecular flexibility index (Phi) is 4.22. The third-order valence-electron chi connectivity index (χ3n) is 4.01. The molecule has 3 nitrogen and oxygen atoms in total. The van der Waals surface area contributed by atoms with Crippen LogP contribution in [0.3, 0.4) is 0 Å². The van der Waals surface area contributed by atoms with Crippen molar-refractivity contribution in [1.29, 1.82) is 0 Å². The molecule has 2 fully saturated rings. The highest BCUT2D eigenvalue weighted by Gasteiger charge is 2.31. The fraction of sp³-hybridized carbons (Fsp3) is 1.00. The van der Waals surface area contributed by atoms with E-state index in [-0.39, 0.29) is 5.54 Å². The Morgan fingerprint density at radius 2 is 2.06 bits per heavy atom. The van der Waals surface area contributed by atoms with Crippen molar-refractivity contribution in [1.82, 2.24) is 4.90 Å². The van der Waals surface area contributed by atoms with Crippen LogP contribution in [-0.4, -0.2) is 43.8 Å². The molecule has 0 atom stereocenters. The number of rotatable bonds is 8. The van der Waals surface area contributed by atoms with Crippen LogP contribution in [0.15, 0.2) is 0 Å². The average molecular weight is 226 g/mol. The van der Waals surface area contributed by atoms with E-state index in [2.05, 4.69) is 11.9 Å². The van der Waals surface area contributed by atoms with Gasteiger partial charge in [-0.3, -0.25) is 0 Å². The number of nitrogens with zero attached hydrogens (tertiary/aromatic N) is 1. The molecule has 0 heterocycles. The third-order valence-corrected chi connectivity index (χ3v) is 4.01. The minimum Gasteiger partial charge on any atom is -0.380 e. The summed E-state index contributed by atoms with van der Waals surface area (Å²) in [6.07, 6.45) is 7.67. The van der Waals surface area contributed by atoms with Crippen LogP contribution in [0.5, 0.6) is 0 Å². The summed E-state index contributed by atoms with van der Waals surface area (Å²) in [4.78, 5) is 2.35. The van der Waals surface area contributed by atoms with Gasteiger partial charge in [-0.1, -0.05) is 0 Å². The molecule has 0 radical (unpaired) electrons. The maximum Gasteiger partial charge on any atom is 0.0593 e. The van der Waals surface area contributed by atoms with Crippen molar-refractivity contribution in [3.05, 3.63) is 0 Å². The summed E-state index contributed by atoms with van der Waals surface area (Å²) in [6.45, 7) is 4.02. The van der Waals surface area contributed by atoms with Crippen molar-refractivity contribution in [3.63, 3.8) is 0 Å². The number of hydrogen-bond donors (Lipinski definition) is 1. The second kappa shape index (κ2) is 5.48. The molecule has 0 saturated heterocycles. The minimum absolute atomic E-state index is 0.170. The van der Waals surface area contributed by atoms with Gasteiger partial charge in [0.05, 0.1) is 6.61 Å². The van der Waals surface area contributed by atoms with Crippen LogP contribution in [-0.2, 0) is 4.74 Å². The van der Waals surface area contributed by atoms with Gasteiger partial charge in [-0.05, 0) is 58.0 Å². The Labute approximate surface area is 99.3 Å². The molecule has 0 unspecified atom stereocenters. The van der Waals surface area contributed by atoms with Gasteiger partial charge in [0.25, 0.3) is 0 Å². The Morgan fingerprint density at radius 3 is 2.62 bits per heavy atom. The summed E-state index contributed by atoms with van der Waals surface area (Å²) < 4.78 is 5.63. The first-order valence-corrected chi connectivity index (χ1v) is 6.73. The Balaban J connectivity index is 1.45. The SMILES string of the molecule is CN(CCOCC1CC1)CCC1(N)CCC1. The summed E-state index contributed by atoms with van der Waals surface area (Å²) in [7, 11) is 2.17. The van der Waals surface area contributed by atoms with E-state index in [9.17, 15) is 0 Å². The van der Waals surface area contributed by atoms with Gasteiger partial charge in [-0.2, -0.15) is 0 Å². The van der Waals surface area contributed by atoms with Crippen molar-refractivity contribution in [2.75, 3.05) is 33.4 Å². The molecule has 0 aromatic rings. The number of hydrogen-bond acceptors (Lipinski definition) is 3. The van der Waals surface area contributed by atoms with Crippen molar-refractivity contribution >= 4 is 0 Å². The van der Waals surface area contributed by atoms with E-state index in [0.717, 1.165) is 38.6 Å². The molecule has 2 aliphatic carbocycles. The van der Waals surface area contributed by atoms with Crippen LogP contribution in [0.2, 0.25) is 0 Å². The van der Waals surface area contributed by atoms with E-state index in [1.54, 1.807) is 0 Å². The van der Waals surface area contributed by atoms with Gasteiger partial charge in [0.2, 0.25) is 0 Å². The fourth-order valence-electron chi connectivity index (χ4n) is 2.16. The van der Waals surface area contributed by atoms with Crippen molar-refractivity contribution in [2.24, 2.45) is 11.7 Å². The number of ether oxygens (including phenoxy) is 1. The van der Waals surface area contributed by atoms with Crippen LogP contribution < -0.4 is 5.73 Å². The summed E-state index contributed by atoms with van der Waals surface area (Å²) in [6, 6.07) is 0. The number of nitrogens with two attached hydrogens (primary N) is 1. The Morgan fingerprint density at radius 1 is 1.31 bits per heavy atom. The molecule has 0 aromatic carbocycles. The zero-order valence-electron chi connectivity index (χ0n) is 10.6. The monoisotopic (exact) mass is 226 g/mol. The largest absolute Gasteiger partial charge is 0.380 e. The maximum atomic E-state index is 6.20. The van der Waals surface area contributed by atoms with Crippen LogP contribution in [0.25, 0.3) is 0 Å². The lowest BCUT2D eigenvalue weighted by Crippen LogP contribution is -2.48. The molecule has 0 aliphatic heterocycles. The highest BCUT2D eigenvalue weighted by Crippen LogP contribution is 2.32. The molecular weight excluding hydrogens is 200 g/mol. The van der Waals surface area contributed by atoms with Crippen molar-refractivity contribution < 1.29 is 4.74 Å². The first-order chi connectivity index (χ1) is 7.68. The van der Waals surface area contributed by atoms with Crippen molar-refractivity contribution in [2.45, 2.75) is 44.1 Å². The molecule has 2 saturated carbocycles. The summed E-state index contributed by atoms with van der Waals surface area (Å²) in [5, 5.41) is 0. The second-order valence-corrected chi connectivity index (χ2v) is 5.79. The molecule has 2 rings (SSSR count). The lowest BCUT2D eigenvalue weighted by Gasteiger charge is -2.39. The molecule has 2 N–H and O–H groups in total. The fourth-order valence-corrected chi connectivity index (χ4v) is 2.16. The molecule has 0 spiro atoms. The molecule has 2 aliphatic rings. The predicted octanol–water partition coefficient (Wildman–Crippen LogP) is 1.62. The van der Waals surface area contributed by atoms with Gasteiger partial charge in [0.1, 0.15) is 0 Å². The van der Waals surface area contributed by atoms with E-state index < -0.39 is 0 Å². The maximum absolute atomic E-state index is 6.20. The molecule has 0 amide bonds. The average Bonchev–Trinajstić information content (AvgIpc) is 3.02. The quantitative estimate of drug-likeness (QED) is 0.639. The second-order valence-electron chi connectivity index (χ2n) is 5.79. The molecule has 16 heavy (non-hydrogen) atoms. The lowest BCUT2D eigenvalue weighted by molar-refractivity contribution is 0.0981. The smallest absolute Gasteiger partial charge is 0.0593 e. The molecule has 0 aromatic heterocycles. The Hall–Kier alpha value is -0.120. The van der Waals surface area contributed by atoms with Crippen molar-refractivity contribution in [3.8, 4) is 0 Å². The lowest BCUT2D eigenvalue weighted by atomic mass is 9.75. The van der Waals surface area contributed by atoms with Gasteiger partial charge in [-0.25, -0.2) is 0 Å². The zero-order valence-corrected chi connectivity index (χ0v) is 10.6. The van der Waals surface area contributed by atoms with E-state index in [4.69, 9.17) is 10.5 Å². The van der Waals surface area contributed by atoms with Crippen LogP contribution in [0.4, 0.5) is 0 Å². The molecular formula is C13H26N2O. The van der Waals surface area contributed by atoms with Gasteiger partial charge in [-0.15, -0.1) is 0 Å². The van der Waals surface area contributed by atoms with E-state index in [0.29, 0.717) is 0 Å². The van der Waals surface area contributed by atoms with Crippen LogP contribution >= 0.6 is 0 Å². The molecule has 3 heteroatoms. The van der Waals surface area contributed by atoms with Gasteiger partial charge < -0.3 is 15.4 Å². The zero-order chi connectivity index (χ0) is 11.4. The van der Waals surface area contributed by atoms with Gasteiger partial charge >= 0.3 is 0 Å². The first-order valence-electron chi connectivity index (χ1n) is 6.73. The number of likely N-dealkylation sites (N-methyl/N-ethyl adjacent to an activating group) is 1. The van der Waals surface area contributed by atoms with Gasteiger partial charge in [0, 0.05) is 18.7 Å². The summed E-state index contributed by atoms with van der Waals surface area (Å²) in [5.74, 6) is 0.882. The summed E-state index contributed by atoms with van der Waals surface area (Å²) >= 11 is 0. The standard InChI is InChI=1S/C13H26N2O/c1-15(8-7-13(14)5-2-6-13)9-10-16-11-12-3-4-12/h12H,2-11,14H2,1H3. The van der Waals surface area contributed by atoms with E-state index in [1.807, 2.05) is 0 Å². The van der Waals surface area contributed by atoms with E-state index >= 15 is 0 Å². The first kappa shape index (κ1) is 12.3.